The molecule has 1 heterocycles. The first-order valence-corrected chi connectivity index (χ1v) is 4.97. The fourth-order valence-electron chi connectivity index (χ4n) is 1.64. The Morgan fingerprint density at radius 2 is 2.33 bits per heavy atom. The van der Waals surface area contributed by atoms with Crippen molar-refractivity contribution in [3.8, 4) is 5.75 Å². The molecule has 4 nitrogen and oxygen atoms in total. The van der Waals surface area contributed by atoms with Crippen molar-refractivity contribution >= 4 is 5.91 Å². The van der Waals surface area contributed by atoms with Gasteiger partial charge in [0, 0.05) is 12.6 Å². The lowest BCUT2D eigenvalue weighted by Crippen LogP contribution is -2.34. The smallest absolute Gasteiger partial charge is 0.233 e. The molecule has 1 aliphatic heterocycles. The molecule has 2 N–H and O–H groups in total. The maximum Gasteiger partial charge on any atom is 0.233 e. The number of nitrogens with one attached hydrogen (secondary N) is 2. The Bertz CT molecular complexity index is 365. The van der Waals surface area contributed by atoms with Crippen LogP contribution in [-0.4, -0.2) is 26.1 Å². The summed E-state index contributed by atoms with van der Waals surface area (Å²) in [6.45, 7) is 0.912. The summed E-state index contributed by atoms with van der Waals surface area (Å²) in [5.41, 5.74) is 1.13. The fourth-order valence-corrected chi connectivity index (χ4v) is 1.64. The predicted octanol–water partition coefficient (Wildman–Crippen LogP) is 0.456. The van der Waals surface area contributed by atoms with E-state index in [0.29, 0.717) is 13.2 Å². The van der Waals surface area contributed by atoms with E-state index in [2.05, 4.69) is 10.6 Å². The van der Waals surface area contributed by atoms with Crippen LogP contribution in [0.4, 0.5) is 0 Å². The number of para-hydroxylation sites is 1. The number of amides is 1. The van der Waals surface area contributed by atoms with Gasteiger partial charge in [-0.05, 0) is 6.07 Å². The van der Waals surface area contributed by atoms with Gasteiger partial charge in [-0.2, -0.15) is 0 Å². The van der Waals surface area contributed by atoms with Gasteiger partial charge in [-0.3, -0.25) is 10.1 Å². The van der Waals surface area contributed by atoms with Crippen molar-refractivity contribution in [1.82, 2.24) is 10.6 Å². The molecule has 2 rings (SSSR count). The van der Waals surface area contributed by atoms with Crippen molar-refractivity contribution < 1.29 is 9.53 Å². The molecule has 1 aliphatic rings. The zero-order valence-corrected chi connectivity index (χ0v) is 8.62. The lowest BCUT2D eigenvalue weighted by atomic mass is 10.1. The second-order valence-electron chi connectivity index (χ2n) is 3.46. The summed E-state index contributed by atoms with van der Waals surface area (Å²) >= 11 is 0. The quantitative estimate of drug-likeness (QED) is 0.755. The van der Waals surface area contributed by atoms with Gasteiger partial charge in [-0.1, -0.05) is 18.2 Å². The van der Waals surface area contributed by atoms with E-state index in [1.54, 1.807) is 7.05 Å². The van der Waals surface area contributed by atoms with Gasteiger partial charge in [0.1, 0.15) is 12.4 Å². The highest BCUT2D eigenvalue weighted by atomic mass is 16.5. The molecule has 15 heavy (non-hydrogen) atoms. The average molecular weight is 206 g/mol. The second kappa shape index (κ2) is 4.31. The number of carbonyl (C=O) groups excluding carboxylic acids is 1. The molecule has 1 aromatic carbocycles. The van der Waals surface area contributed by atoms with E-state index < -0.39 is 0 Å². The summed E-state index contributed by atoms with van der Waals surface area (Å²) in [6, 6.07) is 8.00. The van der Waals surface area contributed by atoms with Crippen molar-refractivity contribution in [1.29, 1.82) is 0 Å². The van der Waals surface area contributed by atoms with Crippen molar-refractivity contribution in [2.45, 2.75) is 6.04 Å². The van der Waals surface area contributed by atoms with E-state index >= 15 is 0 Å². The lowest BCUT2D eigenvalue weighted by Gasteiger charge is -2.10. The molecule has 1 atom stereocenters. The number of fused-ring (bicyclic) bond motifs is 1. The van der Waals surface area contributed by atoms with Crippen LogP contribution < -0.4 is 15.4 Å². The molecule has 0 saturated carbocycles. The molecule has 1 amide bonds. The molecule has 0 spiro atoms. The molecule has 0 saturated heterocycles. The highest BCUT2D eigenvalue weighted by molar-refractivity contribution is 5.77. The van der Waals surface area contributed by atoms with Crippen LogP contribution in [-0.2, 0) is 4.79 Å². The fraction of sp³-hybridized carbons (Fsp3) is 0.364. The molecular weight excluding hydrogens is 192 g/mol. The van der Waals surface area contributed by atoms with Crippen LogP contribution in [0.25, 0.3) is 0 Å². The zero-order chi connectivity index (χ0) is 10.7. The second-order valence-corrected chi connectivity index (χ2v) is 3.46. The molecule has 0 fully saturated rings. The Kier molecular flexibility index (Phi) is 2.87. The number of carbonyl (C=O) groups is 1. The highest BCUT2D eigenvalue weighted by Gasteiger charge is 2.23. The minimum atomic E-state index is -0.0145. The van der Waals surface area contributed by atoms with Crippen LogP contribution in [0, 0.1) is 0 Å². The zero-order valence-electron chi connectivity index (χ0n) is 8.62. The largest absolute Gasteiger partial charge is 0.491 e. The predicted molar refractivity (Wildman–Crippen MR) is 56.7 cm³/mol. The number of hydrogen-bond donors (Lipinski definition) is 2. The summed E-state index contributed by atoms with van der Waals surface area (Å²) in [4.78, 5) is 11.1. The number of ether oxygens (including phenoxy) is 1. The molecular formula is C11H14N2O2. The third-order valence-electron chi connectivity index (χ3n) is 2.49. The third kappa shape index (κ3) is 2.10. The number of likely N-dealkylation sites (N-methyl/N-ethyl adjacent to an activating group) is 1. The molecule has 4 heteroatoms. The standard InChI is InChI=1S/C11H14N2O2/c1-12-11(14)6-13-9-7-15-10-5-3-2-4-8(9)10/h2-5,9,13H,6-7H2,1H3,(H,12,14). The maximum absolute atomic E-state index is 11.1. The van der Waals surface area contributed by atoms with Crippen LogP contribution in [0.2, 0.25) is 0 Å². The van der Waals surface area contributed by atoms with Crippen molar-refractivity contribution in [3.63, 3.8) is 0 Å². The molecule has 0 aromatic heterocycles. The third-order valence-corrected chi connectivity index (χ3v) is 2.49. The van der Waals surface area contributed by atoms with Crippen molar-refractivity contribution in [2.75, 3.05) is 20.2 Å². The van der Waals surface area contributed by atoms with Gasteiger partial charge in [-0.15, -0.1) is 0 Å². The normalized spacial score (nSPS) is 18.1. The first-order chi connectivity index (χ1) is 7.31. The summed E-state index contributed by atoms with van der Waals surface area (Å²) in [6.07, 6.45) is 0. The topological polar surface area (TPSA) is 50.4 Å². The Labute approximate surface area is 88.6 Å². The number of benzene rings is 1. The van der Waals surface area contributed by atoms with E-state index in [1.165, 1.54) is 0 Å². The van der Waals surface area contributed by atoms with E-state index in [4.69, 9.17) is 4.74 Å². The van der Waals surface area contributed by atoms with Crippen molar-refractivity contribution in [2.24, 2.45) is 0 Å². The Hall–Kier alpha value is -1.55. The van der Waals surface area contributed by atoms with E-state index in [9.17, 15) is 4.79 Å². The van der Waals surface area contributed by atoms with Crippen LogP contribution >= 0.6 is 0 Å². The van der Waals surface area contributed by atoms with Gasteiger partial charge in [0.15, 0.2) is 0 Å². The number of hydrogen-bond acceptors (Lipinski definition) is 3. The monoisotopic (exact) mass is 206 g/mol. The minimum Gasteiger partial charge on any atom is -0.491 e. The van der Waals surface area contributed by atoms with Crippen LogP contribution in [0.1, 0.15) is 11.6 Å². The molecule has 1 aromatic rings. The van der Waals surface area contributed by atoms with E-state index in [1.807, 2.05) is 24.3 Å². The van der Waals surface area contributed by atoms with E-state index in [0.717, 1.165) is 11.3 Å². The summed E-state index contributed by atoms with van der Waals surface area (Å²) in [5, 5.41) is 5.72. The summed E-state index contributed by atoms with van der Waals surface area (Å²) in [5.74, 6) is 0.895. The van der Waals surface area contributed by atoms with Gasteiger partial charge in [0.05, 0.1) is 12.6 Å². The van der Waals surface area contributed by atoms with E-state index in [-0.39, 0.29) is 11.9 Å². The Morgan fingerprint density at radius 1 is 1.53 bits per heavy atom. The maximum atomic E-state index is 11.1. The molecule has 0 aliphatic carbocycles. The van der Waals surface area contributed by atoms with Gasteiger partial charge in [0.2, 0.25) is 5.91 Å². The molecule has 0 radical (unpaired) electrons. The Morgan fingerprint density at radius 3 is 3.13 bits per heavy atom. The van der Waals surface area contributed by atoms with Crippen LogP contribution in [0.15, 0.2) is 24.3 Å². The van der Waals surface area contributed by atoms with Crippen LogP contribution in [0.3, 0.4) is 0 Å². The first kappa shape index (κ1) is 9.98. The van der Waals surface area contributed by atoms with Gasteiger partial charge < -0.3 is 10.1 Å². The van der Waals surface area contributed by atoms with Gasteiger partial charge in [-0.25, -0.2) is 0 Å². The number of rotatable bonds is 3. The summed E-state index contributed by atoms with van der Waals surface area (Å²) in [7, 11) is 1.63. The molecule has 1 unspecified atom stereocenters. The SMILES string of the molecule is CNC(=O)CNC1COc2ccccc21. The van der Waals surface area contributed by atoms with Gasteiger partial charge >= 0.3 is 0 Å². The lowest BCUT2D eigenvalue weighted by molar-refractivity contribution is -0.119. The molecule has 80 valence electrons. The first-order valence-electron chi connectivity index (χ1n) is 4.97. The van der Waals surface area contributed by atoms with Gasteiger partial charge in [0.25, 0.3) is 0 Å². The Balaban J connectivity index is 1.99. The van der Waals surface area contributed by atoms with Crippen LogP contribution in [0.5, 0.6) is 5.75 Å². The van der Waals surface area contributed by atoms with Crippen molar-refractivity contribution in [3.05, 3.63) is 29.8 Å². The summed E-state index contributed by atoms with van der Waals surface area (Å²) < 4.78 is 5.48. The highest BCUT2D eigenvalue weighted by Crippen LogP contribution is 2.31. The minimum absolute atomic E-state index is 0.0145. The average Bonchev–Trinajstić information content (AvgIpc) is 2.69. The molecule has 0 bridgehead atoms.